The molecule has 1 unspecified atom stereocenters. The topological polar surface area (TPSA) is 87.7 Å². The summed E-state index contributed by atoms with van der Waals surface area (Å²) in [7, 11) is -3.72. The molecule has 2 N–H and O–H groups in total. The van der Waals surface area contributed by atoms with Crippen LogP contribution >= 0.6 is 11.3 Å². The summed E-state index contributed by atoms with van der Waals surface area (Å²) in [5.41, 5.74) is 1.54. The van der Waals surface area contributed by atoms with Crippen LogP contribution in [0.1, 0.15) is 20.8 Å². The lowest BCUT2D eigenvalue weighted by molar-refractivity contribution is -0.0292. The monoisotopic (exact) mass is 485 g/mol. The van der Waals surface area contributed by atoms with Crippen molar-refractivity contribution in [3.63, 3.8) is 0 Å². The van der Waals surface area contributed by atoms with Crippen molar-refractivity contribution in [3.05, 3.63) is 88.1 Å². The zero-order chi connectivity index (χ0) is 23.1. The van der Waals surface area contributed by atoms with Gasteiger partial charge in [0, 0.05) is 43.2 Å². The molecule has 1 aliphatic rings. The number of morpholine rings is 1. The molecule has 33 heavy (non-hydrogen) atoms. The minimum atomic E-state index is -3.72. The van der Waals surface area contributed by atoms with E-state index in [9.17, 15) is 13.2 Å². The molecule has 1 aromatic heterocycles. The van der Waals surface area contributed by atoms with E-state index < -0.39 is 10.0 Å². The molecule has 0 spiro atoms. The Labute approximate surface area is 198 Å². The second kappa shape index (κ2) is 11.0. The molecule has 9 heteroatoms. The zero-order valence-electron chi connectivity index (χ0n) is 18.1. The molecule has 1 amide bonds. The maximum Gasteiger partial charge on any atom is 0.251 e. The summed E-state index contributed by atoms with van der Waals surface area (Å²) in [6, 6.07) is 20.1. The van der Waals surface area contributed by atoms with E-state index in [1.165, 1.54) is 29.0 Å². The molecule has 1 fully saturated rings. The second-order valence-electron chi connectivity index (χ2n) is 7.86. The molecule has 2 aromatic carbocycles. The van der Waals surface area contributed by atoms with Gasteiger partial charge in [-0.15, -0.1) is 11.3 Å². The van der Waals surface area contributed by atoms with Gasteiger partial charge < -0.3 is 10.1 Å². The third-order valence-electron chi connectivity index (χ3n) is 5.39. The first-order chi connectivity index (χ1) is 16.0. The van der Waals surface area contributed by atoms with Crippen LogP contribution in [0.2, 0.25) is 0 Å². The SMILES string of the molecule is O=C(NCC1CN(Cc2ccccc2)CCO1)c1cccc(S(=O)(=O)NCc2cccs2)c1. The van der Waals surface area contributed by atoms with Gasteiger partial charge in [0.1, 0.15) is 0 Å². The molecule has 0 radical (unpaired) electrons. The Morgan fingerprint density at radius 2 is 1.94 bits per heavy atom. The van der Waals surface area contributed by atoms with Crippen molar-refractivity contribution in [2.45, 2.75) is 24.1 Å². The smallest absolute Gasteiger partial charge is 0.251 e. The predicted molar refractivity (Wildman–Crippen MR) is 129 cm³/mol. The Morgan fingerprint density at radius 3 is 2.73 bits per heavy atom. The van der Waals surface area contributed by atoms with Crippen LogP contribution in [-0.2, 0) is 27.8 Å². The summed E-state index contributed by atoms with van der Waals surface area (Å²) in [6.45, 7) is 3.59. The Kier molecular flexibility index (Phi) is 7.89. The van der Waals surface area contributed by atoms with Crippen LogP contribution in [0.3, 0.4) is 0 Å². The van der Waals surface area contributed by atoms with E-state index in [1.807, 2.05) is 35.7 Å². The number of benzene rings is 2. The van der Waals surface area contributed by atoms with Gasteiger partial charge in [-0.2, -0.15) is 0 Å². The van der Waals surface area contributed by atoms with Crippen molar-refractivity contribution >= 4 is 27.3 Å². The van der Waals surface area contributed by atoms with Gasteiger partial charge in [0.15, 0.2) is 0 Å². The number of nitrogens with one attached hydrogen (secondary N) is 2. The van der Waals surface area contributed by atoms with E-state index in [4.69, 9.17) is 4.74 Å². The Balaban J connectivity index is 1.31. The van der Waals surface area contributed by atoms with Gasteiger partial charge in [-0.3, -0.25) is 9.69 Å². The lowest BCUT2D eigenvalue weighted by Crippen LogP contribution is -2.47. The number of carbonyl (C=O) groups excluding carboxylic acids is 1. The highest BCUT2D eigenvalue weighted by Gasteiger charge is 2.22. The van der Waals surface area contributed by atoms with Gasteiger partial charge in [0.2, 0.25) is 10.0 Å². The Bertz CT molecular complexity index is 1150. The van der Waals surface area contributed by atoms with Crippen LogP contribution in [0.5, 0.6) is 0 Å². The number of nitrogens with zero attached hydrogens (tertiary/aromatic N) is 1. The molecular formula is C24H27N3O4S2. The number of carbonyl (C=O) groups is 1. The van der Waals surface area contributed by atoms with Crippen molar-refractivity contribution in [1.82, 2.24) is 14.9 Å². The molecule has 1 saturated heterocycles. The minimum Gasteiger partial charge on any atom is -0.374 e. The molecule has 0 bridgehead atoms. The number of rotatable bonds is 9. The number of hydrogen-bond donors (Lipinski definition) is 2. The average molecular weight is 486 g/mol. The lowest BCUT2D eigenvalue weighted by atomic mass is 10.2. The van der Waals surface area contributed by atoms with Crippen LogP contribution < -0.4 is 10.0 Å². The van der Waals surface area contributed by atoms with Crippen LogP contribution in [0.25, 0.3) is 0 Å². The summed E-state index contributed by atoms with van der Waals surface area (Å²) in [4.78, 5) is 16.0. The van der Waals surface area contributed by atoms with E-state index in [-0.39, 0.29) is 23.5 Å². The van der Waals surface area contributed by atoms with E-state index in [0.29, 0.717) is 18.7 Å². The normalized spacial score (nSPS) is 17.0. The number of ether oxygens (including phenoxy) is 1. The van der Waals surface area contributed by atoms with E-state index >= 15 is 0 Å². The number of amides is 1. The van der Waals surface area contributed by atoms with Crippen molar-refractivity contribution in [2.75, 3.05) is 26.2 Å². The third kappa shape index (κ3) is 6.72. The molecule has 4 rings (SSSR count). The molecule has 1 aliphatic heterocycles. The minimum absolute atomic E-state index is 0.0645. The number of sulfonamides is 1. The van der Waals surface area contributed by atoms with Crippen molar-refractivity contribution < 1.29 is 17.9 Å². The number of thiophene rings is 1. The highest BCUT2D eigenvalue weighted by atomic mass is 32.2. The summed E-state index contributed by atoms with van der Waals surface area (Å²) >= 11 is 1.48. The van der Waals surface area contributed by atoms with Gasteiger partial charge >= 0.3 is 0 Å². The quantitative estimate of drug-likeness (QED) is 0.487. The van der Waals surface area contributed by atoms with E-state index in [0.717, 1.165) is 24.5 Å². The van der Waals surface area contributed by atoms with E-state index in [1.54, 1.807) is 12.1 Å². The number of hydrogen-bond acceptors (Lipinski definition) is 6. The summed E-state index contributed by atoms with van der Waals surface area (Å²) in [6.07, 6.45) is -0.120. The molecule has 0 aliphatic carbocycles. The largest absolute Gasteiger partial charge is 0.374 e. The summed E-state index contributed by atoms with van der Waals surface area (Å²) in [5.74, 6) is -0.325. The first-order valence-electron chi connectivity index (χ1n) is 10.8. The first-order valence-corrected chi connectivity index (χ1v) is 13.1. The maximum atomic E-state index is 12.7. The summed E-state index contributed by atoms with van der Waals surface area (Å²) in [5, 5.41) is 4.78. The third-order valence-corrected chi connectivity index (χ3v) is 7.66. The molecule has 0 saturated carbocycles. The van der Waals surface area contributed by atoms with Gasteiger partial charge in [-0.25, -0.2) is 13.1 Å². The predicted octanol–water partition coefficient (Wildman–Crippen LogP) is 2.86. The Morgan fingerprint density at radius 1 is 1.09 bits per heavy atom. The van der Waals surface area contributed by atoms with Gasteiger partial charge in [-0.05, 0) is 35.2 Å². The van der Waals surface area contributed by atoms with Gasteiger partial charge in [-0.1, -0.05) is 42.5 Å². The summed E-state index contributed by atoms with van der Waals surface area (Å²) < 4.78 is 33.7. The molecule has 174 valence electrons. The van der Waals surface area contributed by atoms with Crippen LogP contribution in [-0.4, -0.2) is 51.6 Å². The van der Waals surface area contributed by atoms with Crippen molar-refractivity contribution in [1.29, 1.82) is 0 Å². The van der Waals surface area contributed by atoms with Crippen LogP contribution in [0, 0.1) is 0 Å². The van der Waals surface area contributed by atoms with Gasteiger partial charge in [0.25, 0.3) is 5.91 Å². The van der Waals surface area contributed by atoms with Crippen LogP contribution in [0.4, 0.5) is 0 Å². The fourth-order valence-corrected chi connectivity index (χ4v) is 5.45. The lowest BCUT2D eigenvalue weighted by Gasteiger charge is -2.33. The second-order valence-corrected chi connectivity index (χ2v) is 10.7. The van der Waals surface area contributed by atoms with Gasteiger partial charge in [0.05, 0.1) is 17.6 Å². The Hall–Kier alpha value is -2.56. The van der Waals surface area contributed by atoms with Crippen LogP contribution in [0.15, 0.2) is 77.0 Å². The zero-order valence-corrected chi connectivity index (χ0v) is 19.8. The van der Waals surface area contributed by atoms with Crippen molar-refractivity contribution in [3.8, 4) is 0 Å². The fraction of sp³-hybridized carbons (Fsp3) is 0.292. The highest BCUT2D eigenvalue weighted by Crippen LogP contribution is 2.15. The first kappa shape index (κ1) is 23.6. The molecular weight excluding hydrogens is 458 g/mol. The molecule has 1 atom stereocenters. The van der Waals surface area contributed by atoms with Crippen molar-refractivity contribution in [2.24, 2.45) is 0 Å². The fourth-order valence-electron chi connectivity index (χ4n) is 3.66. The average Bonchev–Trinajstić information content (AvgIpc) is 3.36. The molecule has 7 nitrogen and oxygen atoms in total. The standard InChI is InChI=1S/C24H27N3O4S2/c28-24(25-15-21-18-27(11-12-31-21)17-19-6-2-1-3-7-19)20-8-4-10-23(14-20)33(29,30)26-16-22-9-5-13-32-22/h1-10,13-14,21,26H,11-12,15-18H2,(H,25,28). The molecule has 2 heterocycles. The van der Waals surface area contributed by atoms with E-state index in [2.05, 4.69) is 27.1 Å². The molecule has 3 aromatic rings. The highest BCUT2D eigenvalue weighted by molar-refractivity contribution is 7.89. The maximum absolute atomic E-state index is 12.7.